The highest BCUT2D eigenvalue weighted by molar-refractivity contribution is 5.97. The van der Waals surface area contributed by atoms with Gasteiger partial charge in [0.15, 0.2) is 5.75 Å². The van der Waals surface area contributed by atoms with E-state index in [-0.39, 0.29) is 12.6 Å². The first-order valence-corrected chi connectivity index (χ1v) is 13.5. The van der Waals surface area contributed by atoms with Crippen LogP contribution < -0.4 is 14.9 Å². The van der Waals surface area contributed by atoms with E-state index in [1.165, 1.54) is 0 Å². The van der Waals surface area contributed by atoms with Crippen LogP contribution in [0.4, 0.5) is 10.5 Å². The van der Waals surface area contributed by atoms with Gasteiger partial charge in [0.25, 0.3) is 0 Å². The van der Waals surface area contributed by atoms with Crippen molar-refractivity contribution in [2.45, 2.75) is 6.42 Å². The number of nitrogens with zero attached hydrogens (tertiary/aromatic N) is 4. The highest BCUT2D eigenvalue weighted by Gasteiger charge is 2.22. The summed E-state index contributed by atoms with van der Waals surface area (Å²) in [6.07, 6.45) is 4.52. The summed E-state index contributed by atoms with van der Waals surface area (Å²) in [6, 6.07) is 15.6. The number of fused-ring (bicyclic) bond motifs is 1. The van der Waals surface area contributed by atoms with Gasteiger partial charge < -0.3 is 29.9 Å². The second-order valence-corrected chi connectivity index (χ2v) is 9.97. The molecule has 1 aliphatic heterocycles. The topological polar surface area (TPSA) is 106 Å². The first-order valence-electron chi connectivity index (χ1n) is 13.5. The Morgan fingerprint density at radius 2 is 1.85 bits per heavy atom. The van der Waals surface area contributed by atoms with E-state index in [0.717, 1.165) is 65.1 Å². The van der Waals surface area contributed by atoms with Crippen molar-refractivity contribution in [1.29, 1.82) is 0 Å². The van der Waals surface area contributed by atoms with Gasteiger partial charge in [-0.1, -0.05) is 24.3 Å². The Morgan fingerprint density at radius 1 is 1.05 bits per heavy atom. The minimum absolute atomic E-state index is 0.157. The number of aliphatic hydroxyl groups is 1. The molecule has 0 aliphatic carbocycles. The molecule has 2 amide bonds. The van der Waals surface area contributed by atoms with Crippen molar-refractivity contribution in [3.8, 4) is 33.8 Å². The Morgan fingerprint density at radius 3 is 2.60 bits per heavy atom. The van der Waals surface area contributed by atoms with Crippen molar-refractivity contribution in [2.24, 2.45) is 0 Å². The van der Waals surface area contributed by atoms with Crippen LogP contribution in [0, 0.1) is 0 Å². The summed E-state index contributed by atoms with van der Waals surface area (Å²) in [4.78, 5) is 31.1. The van der Waals surface area contributed by atoms with Crippen LogP contribution >= 0.6 is 0 Å². The molecule has 5 rings (SSSR count). The van der Waals surface area contributed by atoms with E-state index in [9.17, 15) is 4.79 Å². The molecule has 0 unspecified atom stereocenters. The zero-order valence-electron chi connectivity index (χ0n) is 23.2. The lowest BCUT2D eigenvalue weighted by molar-refractivity contribution is -0.00240. The van der Waals surface area contributed by atoms with Crippen LogP contribution in [0.1, 0.15) is 6.42 Å². The molecule has 4 aromatic rings. The van der Waals surface area contributed by atoms with E-state index in [1.807, 2.05) is 59.8 Å². The second kappa shape index (κ2) is 12.4. The normalized spacial score (nSPS) is 14.1. The number of carbonyl (C=O) groups is 1. The van der Waals surface area contributed by atoms with E-state index in [2.05, 4.69) is 26.3 Å². The summed E-state index contributed by atoms with van der Waals surface area (Å²) in [5, 5.41) is 14.7. The zero-order valence-corrected chi connectivity index (χ0v) is 23.2. The second-order valence-electron chi connectivity index (χ2n) is 9.97. The quantitative estimate of drug-likeness (QED) is 0.270. The third-order valence-electron chi connectivity index (χ3n) is 7.06. The number of aromatic nitrogens is 2. The number of ether oxygens (including phenoxy) is 1. The van der Waals surface area contributed by atoms with Crippen LogP contribution in [0.2, 0.25) is 0 Å². The van der Waals surface area contributed by atoms with E-state index >= 15 is 0 Å². The van der Waals surface area contributed by atoms with Gasteiger partial charge in [0, 0.05) is 87.9 Å². The van der Waals surface area contributed by atoms with Crippen LogP contribution in [-0.2, 0) is 0 Å². The zero-order chi connectivity index (χ0) is 28.1. The van der Waals surface area contributed by atoms with Crippen molar-refractivity contribution < 1.29 is 19.5 Å². The number of amides is 2. The monoisotopic (exact) mass is 544 g/mol. The molecule has 0 atom stereocenters. The van der Waals surface area contributed by atoms with Crippen LogP contribution in [0.3, 0.4) is 0 Å². The van der Waals surface area contributed by atoms with E-state index in [1.54, 1.807) is 26.3 Å². The molecule has 10 heteroatoms. The summed E-state index contributed by atoms with van der Waals surface area (Å²) < 4.78 is 5.59. The molecule has 40 heavy (non-hydrogen) atoms. The maximum absolute atomic E-state index is 13.1. The number of methoxy groups -OCH3 is 1. The average molecular weight is 545 g/mol. The third kappa shape index (κ3) is 6.04. The van der Waals surface area contributed by atoms with Gasteiger partial charge in [-0.05, 0) is 36.2 Å². The predicted octanol–water partition coefficient (Wildman–Crippen LogP) is 4.29. The van der Waals surface area contributed by atoms with Gasteiger partial charge in [0.2, 0.25) is 0 Å². The van der Waals surface area contributed by atoms with Gasteiger partial charge in [-0.2, -0.15) is 5.06 Å². The molecule has 3 heterocycles. The molecular weight excluding hydrogens is 508 g/mol. The van der Waals surface area contributed by atoms with Crippen LogP contribution in [-0.4, -0.2) is 96.5 Å². The average Bonchev–Trinajstić information content (AvgIpc) is 3.40. The van der Waals surface area contributed by atoms with Gasteiger partial charge in [-0.15, -0.1) is 0 Å². The molecule has 0 spiro atoms. The molecule has 0 bridgehead atoms. The number of aromatic amines is 1. The number of anilines is 1. The Hall–Kier alpha value is -4.12. The number of hydrogen-bond donors (Lipinski definition) is 3. The van der Waals surface area contributed by atoms with E-state index in [0.29, 0.717) is 24.5 Å². The molecular formula is C30H36N6O4. The highest BCUT2D eigenvalue weighted by atomic mass is 16.7. The van der Waals surface area contributed by atoms with Crippen molar-refractivity contribution in [1.82, 2.24) is 24.8 Å². The largest absolute Gasteiger partial charge is 0.496 e. The number of H-pyrrole nitrogens is 1. The molecule has 0 saturated carbocycles. The standard InChI is InChI=1S/C30H36N6O4/c1-34(2)40-28-18-21(9-10-26(28)33-30(38)36-14-12-35(13-15-36)11-6-16-37)22-17-24-25(20-32-29(24)31-19-22)23-7-4-5-8-27(23)39-3/h4-5,7-10,17-20,37H,6,11-16H2,1-3H3,(H,31,32)(H,33,38). The third-order valence-corrected chi connectivity index (χ3v) is 7.06. The number of nitrogens with one attached hydrogen (secondary N) is 2. The number of benzene rings is 2. The minimum Gasteiger partial charge on any atom is -0.496 e. The number of rotatable bonds is 9. The molecule has 0 radical (unpaired) electrons. The number of piperazine rings is 1. The van der Waals surface area contributed by atoms with Crippen LogP contribution in [0.15, 0.2) is 60.9 Å². The first kappa shape index (κ1) is 27.4. The number of hydrogen-bond acceptors (Lipinski definition) is 7. The van der Waals surface area contributed by atoms with E-state index < -0.39 is 0 Å². The summed E-state index contributed by atoms with van der Waals surface area (Å²) in [5.74, 6) is 1.33. The molecule has 1 fully saturated rings. The fourth-order valence-electron chi connectivity index (χ4n) is 4.99. The molecule has 2 aromatic carbocycles. The fraction of sp³-hybridized carbons (Fsp3) is 0.333. The van der Waals surface area contributed by atoms with Gasteiger partial charge >= 0.3 is 6.03 Å². The van der Waals surface area contributed by atoms with Crippen molar-refractivity contribution in [2.75, 3.05) is 65.9 Å². The summed E-state index contributed by atoms with van der Waals surface area (Å²) in [6.45, 7) is 3.88. The minimum atomic E-state index is -0.157. The van der Waals surface area contributed by atoms with E-state index in [4.69, 9.17) is 14.7 Å². The molecule has 1 aliphatic rings. The summed E-state index contributed by atoms with van der Waals surface area (Å²) in [7, 11) is 5.27. The predicted molar refractivity (Wildman–Crippen MR) is 157 cm³/mol. The Labute approximate surface area is 234 Å². The van der Waals surface area contributed by atoms with Crippen LogP contribution in [0.5, 0.6) is 11.5 Å². The number of urea groups is 1. The first-order chi connectivity index (χ1) is 19.5. The SMILES string of the molecule is COc1ccccc1-c1c[nH]c2ncc(-c3ccc(NC(=O)N4CCN(CCCO)CC4)c(ON(C)C)c3)cc12. The number of carbonyl (C=O) groups excluding carboxylic acids is 1. The lowest BCUT2D eigenvalue weighted by Crippen LogP contribution is -2.50. The summed E-state index contributed by atoms with van der Waals surface area (Å²) >= 11 is 0. The number of para-hydroxylation sites is 1. The fourth-order valence-corrected chi connectivity index (χ4v) is 4.99. The van der Waals surface area contributed by atoms with Crippen molar-refractivity contribution in [3.63, 3.8) is 0 Å². The van der Waals surface area contributed by atoms with Crippen molar-refractivity contribution in [3.05, 3.63) is 60.9 Å². The number of aliphatic hydroxyl groups excluding tert-OH is 1. The molecule has 1 saturated heterocycles. The number of pyridine rings is 1. The Balaban J connectivity index is 1.39. The Kier molecular flexibility index (Phi) is 8.49. The van der Waals surface area contributed by atoms with Gasteiger partial charge in [-0.25, -0.2) is 9.78 Å². The van der Waals surface area contributed by atoms with Crippen molar-refractivity contribution >= 4 is 22.8 Å². The maximum Gasteiger partial charge on any atom is 0.322 e. The summed E-state index contributed by atoms with van der Waals surface area (Å²) in [5.41, 5.74) is 5.20. The van der Waals surface area contributed by atoms with Gasteiger partial charge in [-0.3, -0.25) is 4.90 Å². The number of hydroxylamine groups is 2. The highest BCUT2D eigenvalue weighted by Crippen LogP contribution is 2.37. The molecule has 3 N–H and O–H groups in total. The molecule has 210 valence electrons. The maximum atomic E-state index is 13.1. The Bertz CT molecular complexity index is 1460. The van der Waals surface area contributed by atoms with Crippen LogP contribution in [0.25, 0.3) is 33.3 Å². The van der Waals surface area contributed by atoms with Gasteiger partial charge in [0.1, 0.15) is 11.4 Å². The van der Waals surface area contributed by atoms with Gasteiger partial charge in [0.05, 0.1) is 12.8 Å². The lowest BCUT2D eigenvalue weighted by atomic mass is 10.0. The smallest absolute Gasteiger partial charge is 0.322 e. The molecule has 2 aromatic heterocycles. The lowest BCUT2D eigenvalue weighted by Gasteiger charge is -2.34. The molecule has 10 nitrogen and oxygen atoms in total.